The quantitative estimate of drug-likeness (QED) is 0.870. The van der Waals surface area contributed by atoms with Gasteiger partial charge in [-0.2, -0.15) is 0 Å². The van der Waals surface area contributed by atoms with Crippen LogP contribution in [0.1, 0.15) is 11.1 Å². The molecule has 0 unspecified atom stereocenters. The molecular formula is C16H17Cl2NO2. The second kappa shape index (κ2) is 7.55. The highest BCUT2D eigenvalue weighted by Crippen LogP contribution is 2.27. The van der Waals surface area contributed by atoms with Crippen LogP contribution < -0.4 is 15.2 Å². The second-order valence-corrected chi connectivity index (χ2v) is 5.36. The number of ether oxygens (including phenoxy) is 2. The Kier molecular flexibility index (Phi) is 5.74. The van der Waals surface area contributed by atoms with Crippen LogP contribution in [-0.2, 0) is 13.0 Å². The lowest BCUT2D eigenvalue weighted by atomic mass is 10.1. The summed E-state index contributed by atoms with van der Waals surface area (Å²) in [7, 11) is 1.64. The van der Waals surface area contributed by atoms with Gasteiger partial charge >= 0.3 is 0 Å². The first kappa shape index (κ1) is 16.0. The highest BCUT2D eigenvalue weighted by atomic mass is 35.5. The van der Waals surface area contributed by atoms with Gasteiger partial charge in [0.15, 0.2) is 0 Å². The normalized spacial score (nSPS) is 10.5. The van der Waals surface area contributed by atoms with Crippen LogP contribution in [0.5, 0.6) is 11.5 Å². The molecule has 21 heavy (non-hydrogen) atoms. The van der Waals surface area contributed by atoms with Crippen LogP contribution in [0, 0.1) is 0 Å². The SMILES string of the molecule is COc1ccc(OCc2ccc(Cl)c(Cl)c2)c(CCN)c1. The Morgan fingerprint density at radius 2 is 1.86 bits per heavy atom. The lowest BCUT2D eigenvalue weighted by molar-refractivity contribution is 0.302. The molecule has 0 amide bonds. The predicted molar refractivity (Wildman–Crippen MR) is 86.5 cm³/mol. The maximum Gasteiger partial charge on any atom is 0.123 e. The molecule has 0 aliphatic carbocycles. The van der Waals surface area contributed by atoms with E-state index < -0.39 is 0 Å². The topological polar surface area (TPSA) is 44.5 Å². The van der Waals surface area contributed by atoms with Crippen molar-refractivity contribution in [1.29, 1.82) is 0 Å². The maximum atomic E-state index is 6.00. The largest absolute Gasteiger partial charge is 0.497 e. The Bertz CT molecular complexity index is 617. The molecule has 0 heterocycles. The zero-order valence-corrected chi connectivity index (χ0v) is 13.2. The van der Waals surface area contributed by atoms with Crippen molar-refractivity contribution in [3.8, 4) is 11.5 Å². The van der Waals surface area contributed by atoms with E-state index in [2.05, 4.69) is 0 Å². The molecule has 0 atom stereocenters. The lowest BCUT2D eigenvalue weighted by Gasteiger charge is -2.13. The van der Waals surface area contributed by atoms with E-state index in [1.165, 1.54) is 0 Å². The van der Waals surface area contributed by atoms with Crippen LogP contribution in [0.4, 0.5) is 0 Å². The molecule has 0 radical (unpaired) electrons. The maximum absolute atomic E-state index is 6.00. The van der Waals surface area contributed by atoms with Gasteiger partial charge in [0.25, 0.3) is 0 Å². The van der Waals surface area contributed by atoms with Gasteiger partial charge in [0.2, 0.25) is 0 Å². The zero-order chi connectivity index (χ0) is 15.2. The average molecular weight is 326 g/mol. The molecule has 3 nitrogen and oxygen atoms in total. The molecule has 2 N–H and O–H groups in total. The van der Waals surface area contributed by atoms with Gasteiger partial charge in [-0.15, -0.1) is 0 Å². The van der Waals surface area contributed by atoms with Gasteiger partial charge in [-0.3, -0.25) is 0 Å². The summed E-state index contributed by atoms with van der Waals surface area (Å²) in [5.41, 5.74) is 7.62. The molecule has 2 rings (SSSR count). The number of hydrogen-bond donors (Lipinski definition) is 1. The summed E-state index contributed by atoms with van der Waals surface area (Å²) in [5, 5.41) is 1.06. The summed E-state index contributed by atoms with van der Waals surface area (Å²) in [6.45, 7) is 0.969. The summed E-state index contributed by atoms with van der Waals surface area (Å²) in [5.74, 6) is 1.59. The van der Waals surface area contributed by atoms with Crippen molar-refractivity contribution in [2.45, 2.75) is 13.0 Å². The Morgan fingerprint density at radius 3 is 2.52 bits per heavy atom. The molecule has 0 aliphatic rings. The lowest BCUT2D eigenvalue weighted by Crippen LogP contribution is -2.06. The zero-order valence-electron chi connectivity index (χ0n) is 11.7. The van der Waals surface area contributed by atoms with Crippen molar-refractivity contribution in [2.75, 3.05) is 13.7 Å². The molecule has 0 bridgehead atoms. The number of benzene rings is 2. The number of halogens is 2. The van der Waals surface area contributed by atoms with E-state index in [4.69, 9.17) is 38.4 Å². The molecule has 0 saturated heterocycles. The van der Waals surface area contributed by atoms with Crippen LogP contribution in [0.2, 0.25) is 10.0 Å². The summed E-state index contributed by atoms with van der Waals surface area (Å²) < 4.78 is 11.1. The number of methoxy groups -OCH3 is 1. The fourth-order valence-electron chi connectivity index (χ4n) is 1.96. The van der Waals surface area contributed by atoms with Crippen LogP contribution in [0.25, 0.3) is 0 Å². The molecule has 5 heteroatoms. The van der Waals surface area contributed by atoms with Crippen molar-refractivity contribution >= 4 is 23.2 Å². The minimum Gasteiger partial charge on any atom is -0.497 e. The molecule has 2 aromatic rings. The fraction of sp³-hybridized carbons (Fsp3) is 0.250. The van der Waals surface area contributed by atoms with Crippen molar-refractivity contribution in [3.63, 3.8) is 0 Å². The third-order valence-corrected chi connectivity index (χ3v) is 3.80. The van der Waals surface area contributed by atoms with E-state index in [0.29, 0.717) is 23.2 Å². The van der Waals surface area contributed by atoms with E-state index in [0.717, 1.165) is 29.0 Å². The van der Waals surface area contributed by atoms with Gasteiger partial charge in [-0.05, 0) is 54.4 Å². The summed E-state index contributed by atoms with van der Waals surface area (Å²) >= 11 is 11.9. The number of rotatable bonds is 6. The fourth-order valence-corrected chi connectivity index (χ4v) is 2.29. The standard InChI is InChI=1S/C16H17Cl2NO2/c1-20-13-3-5-16(12(9-13)6-7-19)21-10-11-2-4-14(17)15(18)8-11/h2-5,8-9H,6-7,10,19H2,1H3. The number of nitrogens with two attached hydrogens (primary N) is 1. The van der Waals surface area contributed by atoms with Crippen molar-refractivity contribution in [2.24, 2.45) is 5.73 Å². The van der Waals surface area contributed by atoms with Gasteiger partial charge in [-0.25, -0.2) is 0 Å². The minimum atomic E-state index is 0.417. The first-order valence-corrected chi connectivity index (χ1v) is 7.33. The van der Waals surface area contributed by atoms with Gasteiger partial charge < -0.3 is 15.2 Å². The molecule has 0 aromatic heterocycles. The molecular weight excluding hydrogens is 309 g/mol. The molecule has 112 valence electrons. The molecule has 2 aromatic carbocycles. The first-order valence-electron chi connectivity index (χ1n) is 6.57. The van der Waals surface area contributed by atoms with Crippen LogP contribution >= 0.6 is 23.2 Å². The first-order chi connectivity index (χ1) is 10.1. The van der Waals surface area contributed by atoms with Crippen molar-refractivity contribution in [1.82, 2.24) is 0 Å². The molecule has 0 saturated carbocycles. The van der Waals surface area contributed by atoms with Gasteiger partial charge in [0, 0.05) is 0 Å². The Labute approximate surface area is 134 Å². The van der Waals surface area contributed by atoms with E-state index in [1.807, 2.05) is 24.3 Å². The number of hydrogen-bond acceptors (Lipinski definition) is 3. The third-order valence-electron chi connectivity index (χ3n) is 3.06. The summed E-state index contributed by atoms with van der Waals surface area (Å²) in [6.07, 6.45) is 0.730. The smallest absolute Gasteiger partial charge is 0.123 e. The third kappa shape index (κ3) is 4.27. The van der Waals surface area contributed by atoms with Gasteiger partial charge in [-0.1, -0.05) is 29.3 Å². The highest BCUT2D eigenvalue weighted by molar-refractivity contribution is 6.42. The molecule has 0 spiro atoms. The van der Waals surface area contributed by atoms with Crippen molar-refractivity contribution < 1.29 is 9.47 Å². The van der Waals surface area contributed by atoms with E-state index in [9.17, 15) is 0 Å². The van der Waals surface area contributed by atoms with Crippen molar-refractivity contribution in [3.05, 3.63) is 57.6 Å². The van der Waals surface area contributed by atoms with Crippen LogP contribution in [0.3, 0.4) is 0 Å². The van der Waals surface area contributed by atoms with E-state index >= 15 is 0 Å². The summed E-state index contributed by atoms with van der Waals surface area (Å²) in [6, 6.07) is 11.1. The summed E-state index contributed by atoms with van der Waals surface area (Å²) in [4.78, 5) is 0. The van der Waals surface area contributed by atoms with Crippen LogP contribution in [0.15, 0.2) is 36.4 Å². The van der Waals surface area contributed by atoms with Crippen LogP contribution in [-0.4, -0.2) is 13.7 Å². The molecule has 0 aliphatic heterocycles. The average Bonchev–Trinajstić information content (AvgIpc) is 2.49. The Hall–Kier alpha value is -1.42. The predicted octanol–water partition coefficient (Wildman–Crippen LogP) is 4.08. The second-order valence-electron chi connectivity index (χ2n) is 4.55. The van der Waals surface area contributed by atoms with E-state index in [-0.39, 0.29) is 0 Å². The Morgan fingerprint density at radius 1 is 1.05 bits per heavy atom. The molecule has 0 fully saturated rings. The van der Waals surface area contributed by atoms with E-state index in [1.54, 1.807) is 19.2 Å². The van der Waals surface area contributed by atoms with Gasteiger partial charge in [0.05, 0.1) is 17.2 Å². The van der Waals surface area contributed by atoms with Gasteiger partial charge in [0.1, 0.15) is 18.1 Å². The Balaban J connectivity index is 2.13. The minimum absolute atomic E-state index is 0.417. The monoisotopic (exact) mass is 325 g/mol. The highest BCUT2D eigenvalue weighted by Gasteiger charge is 2.07.